The SMILES string of the molecule is Cc1cc(C)c2oc3c(-c4ccc(-c5ccc6c7ccccc7c7ccccc7c6n5)cc4)cc(C)cc3c2c1.c1ccc(-c2ccc3oc4c(-c5ccccc5-c5ccc6c7ccccc7c7ccccc7c6n5)cc(-c5ccccc5)cc4c3c2)cc1.c1ccc(-c2cccc3c2oc2c(-c4ccccc4-c4ccc5c6ccccc6c6ccccc6c5n4)cccc23)cc1. The smallest absolute Gasteiger partial charge is 0.143 e. The van der Waals surface area contributed by atoms with Crippen LogP contribution >= 0.6 is 0 Å². The Hall–Kier alpha value is -17.2. The summed E-state index contributed by atoms with van der Waals surface area (Å²) in [5.74, 6) is 0. The molecule has 618 valence electrons. The summed E-state index contributed by atoms with van der Waals surface area (Å²) >= 11 is 0. The number of para-hydroxylation sites is 2. The molecule has 0 saturated heterocycles. The molecule has 6 heterocycles. The lowest BCUT2D eigenvalue weighted by Crippen LogP contribution is -1.92. The van der Waals surface area contributed by atoms with Gasteiger partial charge in [0.2, 0.25) is 0 Å². The van der Waals surface area contributed by atoms with Gasteiger partial charge in [-0.3, -0.25) is 0 Å². The second-order valence-electron chi connectivity index (χ2n) is 34.7. The maximum Gasteiger partial charge on any atom is 0.143 e. The molecule has 0 spiro atoms. The summed E-state index contributed by atoms with van der Waals surface area (Å²) in [6.07, 6.45) is 0. The number of hydrogen-bond acceptors (Lipinski definition) is 6. The highest BCUT2D eigenvalue weighted by atomic mass is 16.3. The molecule has 0 amide bonds. The molecule has 0 unspecified atom stereocenters. The number of benzene rings is 21. The minimum atomic E-state index is 0.876. The molecule has 6 aromatic heterocycles. The zero-order valence-electron chi connectivity index (χ0n) is 72.6. The van der Waals surface area contributed by atoms with Gasteiger partial charge in [-0.2, -0.15) is 0 Å². The van der Waals surface area contributed by atoms with Gasteiger partial charge in [0, 0.05) is 104 Å². The van der Waals surface area contributed by atoms with Crippen LogP contribution in [-0.2, 0) is 0 Å². The van der Waals surface area contributed by atoms with Crippen LogP contribution in [0.4, 0.5) is 0 Å². The first-order valence-electron chi connectivity index (χ1n) is 45.2. The summed E-state index contributed by atoms with van der Waals surface area (Å²) in [5.41, 5.74) is 31.8. The molecule has 27 rings (SSSR count). The summed E-state index contributed by atoms with van der Waals surface area (Å²) in [5, 5.41) is 25.0. The zero-order chi connectivity index (χ0) is 87.6. The van der Waals surface area contributed by atoms with Crippen LogP contribution in [0.15, 0.2) is 450 Å². The number of rotatable bonds is 9. The Labute approximate surface area is 760 Å². The van der Waals surface area contributed by atoms with E-state index in [1.54, 1.807) is 0 Å². The Bertz CT molecular complexity index is 9270. The number of aryl methyl sites for hydroxylation is 3. The highest BCUT2D eigenvalue weighted by Gasteiger charge is 2.25. The lowest BCUT2D eigenvalue weighted by atomic mass is 9.91. The van der Waals surface area contributed by atoms with Crippen LogP contribution in [-0.4, -0.2) is 15.0 Å². The molecule has 0 radical (unpaired) electrons. The van der Waals surface area contributed by atoms with Crippen molar-refractivity contribution >= 4 is 163 Å². The number of furan rings is 3. The van der Waals surface area contributed by atoms with Crippen LogP contribution in [0.25, 0.3) is 264 Å². The predicted molar refractivity (Wildman–Crippen MR) is 555 cm³/mol. The van der Waals surface area contributed by atoms with E-state index in [4.69, 9.17) is 28.2 Å². The monoisotopic (exact) mass is 1680 g/mol. The van der Waals surface area contributed by atoms with Crippen LogP contribution in [0.3, 0.4) is 0 Å². The molecule has 0 bridgehead atoms. The Morgan fingerprint density at radius 1 is 0.152 bits per heavy atom. The van der Waals surface area contributed by atoms with Crippen molar-refractivity contribution < 1.29 is 13.3 Å². The van der Waals surface area contributed by atoms with Gasteiger partial charge in [-0.1, -0.05) is 358 Å². The number of fused-ring (bicyclic) bond motifs is 27. The van der Waals surface area contributed by atoms with E-state index in [0.717, 1.165) is 166 Å². The third-order valence-corrected chi connectivity index (χ3v) is 26.8. The molecule has 6 heteroatoms. The number of hydrogen-bond donors (Lipinski definition) is 0. The standard InChI is InChI=1S/C47H29NO.C41H25NO.C38H27NO/c1-3-13-30(14-4-1)32-23-26-45-41(27-32)43-29-33(31-15-5-2-6-16-31)28-42(47(43)49-45)37-20-9-11-21-38(37)44-25-24-40-36-19-8-7-17-34(36)35-18-10-12-22-39(35)46(40)48-44;1-2-12-26(13-3-1)27-20-10-22-36-37-23-11-21-35(41(37)43-40(27)36)31-17-6-8-18-32(31)38-25-24-34-30-16-5-4-14-28(30)29-15-7-9-19-33(29)39(34)42-38;1-22-18-24(3)37-33(20-22)34-21-23(2)19-32(38(34)40-37)25-12-14-26(15-13-25)35-17-16-31-29-10-5-4-8-27(29)28-9-6-7-11-30(28)36(31)39-35/h1-29H;1-25H;4-21H,1-3H3. The van der Waals surface area contributed by atoms with Crippen molar-refractivity contribution in [3.8, 4) is 101 Å². The molecular formula is C126H81N3O3. The molecule has 21 aromatic carbocycles. The van der Waals surface area contributed by atoms with Gasteiger partial charge in [-0.05, 0) is 209 Å². The highest BCUT2D eigenvalue weighted by Crippen LogP contribution is 2.49. The van der Waals surface area contributed by atoms with Crippen molar-refractivity contribution in [1.82, 2.24) is 15.0 Å². The van der Waals surface area contributed by atoms with E-state index in [9.17, 15) is 0 Å². The molecular weight excluding hydrogens is 1600 g/mol. The van der Waals surface area contributed by atoms with Gasteiger partial charge in [-0.25, -0.2) is 15.0 Å². The van der Waals surface area contributed by atoms with E-state index >= 15 is 0 Å². The van der Waals surface area contributed by atoms with Gasteiger partial charge < -0.3 is 13.3 Å². The topological polar surface area (TPSA) is 78.1 Å². The Balaban J connectivity index is 0.000000107. The van der Waals surface area contributed by atoms with E-state index in [2.05, 4.69) is 451 Å². The van der Waals surface area contributed by atoms with Crippen molar-refractivity contribution in [3.05, 3.63) is 453 Å². The lowest BCUT2D eigenvalue weighted by Gasteiger charge is -2.14. The average Bonchev–Trinajstić information content (AvgIpc) is 1.58. The number of nitrogens with zero attached hydrogens (tertiary/aromatic N) is 3. The summed E-state index contributed by atoms with van der Waals surface area (Å²) in [6.45, 7) is 6.43. The highest BCUT2D eigenvalue weighted by molar-refractivity contribution is 6.28. The van der Waals surface area contributed by atoms with Crippen LogP contribution in [0.1, 0.15) is 16.7 Å². The van der Waals surface area contributed by atoms with Crippen LogP contribution < -0.4 is 0 Å². The minimum Gasteiger partial charge on any atom is -0.455 e. The summed E-state index contributed by atoms with van der Waals surface area (Å²) in [7, 11) is 0. The van der Waals surface area contributed by atoms with Gasteiger partial charge in [0.15, 0.2) is 0 Å². The van der Waals surface area contributed by atoms with Crippen molar-refractivity contribution in [1.29, 1.82) is 0 Å². The van der Waals surface area contributed by atoms with Crippen LogP contribution in [0, 0.1) is 20.8 Å². The maximum atomic E-state index is 6.77. The molecule has 0 N–H and O–H groups in total. The van der Waals surface area contributed by atoms with Crippen molar-refractivity contribution in [2.24, 2.45) is 0 Å². The third-order valence-electron chi connectivity index (χ3n) is 26.8. The van der Waals surface area contributed by atoms with E-state index in [0.29, 0.717) is 0 Å². The molecule has 0 aliphatic rings. The summed E-state index contributed by atoms with van der Waals surface area (Å²) in [4.78, 5) is 16.0. The first-order valence-corrected chi connectivity index (χ1v) is 45.2. The largest absolute Gasteiger partial charge is 0.455 e. The van der Waals surface area contributed by atoms with Gasteiger partial charge in [0.1, 0.15) is 33.5 Å². The fourth-order valence-electron chi connectivity index (χ4n) is 20.7. The molecule has 0 atom stereocenters. The lowest BCUT2D eigenvalue weighted by molar-refractivity contribution is 0.666. The third kappa shape index (κ3) is 13.0. The summed E-state index contributed by atoms with van der Waals surface area (Å²) < 4.78 is 20.0. The Morgan fingerprint density at radius 3 is 0.977 bits per heavy atom. The van der Waals surface area contributed by atoms with Gasteiger partial charge in [-0.15, -0.1) is 0 Å². The second kappa shape index (κ2) is 31.7. The van der Waals surface area contributed by atoms with Crippen molar-refractivity contribution in [2.45, 2.75) is 20.8 Å². The van der Waals surface area contributed by atoms with Crippen molar-refractivity contribution in [2.75, 3.05) is 0 Å². The normalized spacial score (nSPS) is 11.8. The number of aromatic nitrogens is 3. The van der Waals surface area contributed by atoms with Crippen LogP contribution in [0.2, 0.25) is 0 Å². The van der Waals surface area contributed by atoms with E-state index < -0.39 is 0 Å². The van der Waals surface area contributed by atoms with E-state index in [-0.39, 0.29) is 0 Å². The van der Waals surface area contributed by atoms with Gasteiger partial charge >= 0.3 is 0 Å². The van der Waals surface area contributed by atoms with E-state index in [1.807, 2.05) is 6.07 Å². The number of pyridine rings is 3. The first-order chi connectivity index (χ1) is 65.2. The van der Waals surface area contributed by atoms with Crippen LogP contribution in [0.5, 0.6) is 0 Å². The second-order valence-corrected chi connectivity index (χ2v) is 34.7. The van der Waals surface area contributed by atoms with Gasteiger partial charge in [0.05, 0.1) is 33.6 Å². The Kier molecular flexibility index (Phi) is 18.5. The molecule has 0 fully saturated rings. The fourth-order valence-corrected chi connectivity index (χ4v) is 20.7. The van der Waals surface area contributed by atoms with E-state index in [1.165, 1.54) is 114 Å². The molecule has 0 aliphatic heterocycles. The molecule has 27 aromatic rings. The minimum absolute atomic E-state index is 0.876. The molecule has 6 nitrogen and oxygen atoms in total. The molecule has 132 heavy (non-hydrogen) atoms. The fraction of sp³-hybridized carbons (Fsp3) is 0.0238. The van der Waals surface area contributed by atoms with Gasteiger partial charge in [0.25, 0.3) is 0 Å². The molecule has 0 saturated carbocycles. The summed E-state index contributed by atoms with van der Waals surface area (Å²) in [6, 6.07) is 155. The van der Waals surface area contributed by atoms with Crippen molar-refractivity contribution in [3.63, 3.8) is 0 Å². The zero-order valence-corrected chi connectivity index (χ0v) is 72.6. The maximum absolute atomic E-state index is 6.77. The molecule has 0 aliphatic carbocycles. The predicted octanol–water partition coefficient (Wildman–Crippen LogP) is 35.3. The quantitative estimate of drug-likeness (QED) is 0.134. The first kappa shape index (κ1) is 77.2. The average molecular weight is 1690 g/mol. The Morgan fingerprint density at radius 2 is 0.470 bits per heavy atom.